The molecule has 5 nitrogen and oxygen atoms in total. The first-order valence-corrected chi connectivity index (χ1v) is 7.43. The van der Waals surface area contributed by atoms with E-state index < -0.39 is 0 Å². The second kappa shape index (κ2) is 6.55. The van der Waals surface area contributed by atoms with Gasteiger partial charge in [0.15, 0.2) is 5.76 Å². The summed E-state index contributed by atoms with van der Waals surface area (Å²) >= 11 is 1.31. The van der Waals surface area contributed by atoms with Crippen LogP contribution in [0.25, 0.3) is 11.0 Å². The Morgan fingerprint density at radius 1 is 1.14 bits per heavy atom. The van der Waals surface area contributed by atoms with Gasteiger partial charge in [0.25, 0.3) is 0 Å². The number of carbonyl (C=O) groups is 1. The molecule has 0 saturated carbocycles. The first-order chi connectivity index (χ1) is 10.8. The van der Waals surface area contributed by atoms with Gasteiger partial charge in [-0.1, -0.05) is 18.2 Å². The molecule has 0 aliphatic rings. The van der Waals surface area contributed by atoms with E-state index in [9.17, 15) is 4.79 Å². The van der Waals surface area contributed by atoms with Crippen molar-refractivity contribution < 1.29 is 13.9 Å². The van der Waals surface area contributed by atoms with Gasteiger partial charge in [0.05, 0.1) is 7.11 Å². The number of rotatable bonds is 5. The van der Waals surface area contributed by atoms with Crippen LogP contribution in [0, 0.1) is 0 Å². The Balaban J connectivity index is 1.64. The number of nitrogens with one attached hydrogen (secondary N) is 2. The highest BCUT2D eigenvalue weighted by Gasteiger charge is 2.12. The lowest BCUT2D eigenvalue weighted by atomic mass is 10.2. The number of benzene rings is 2. The average molecular weight is 314 g/mol. The van der Waals surface area contributed by atoms with Crippen LogP contribution in [0.3, 0.4) is 0 Å². The van der Waals surface area contributed by atoms with Gasteiger partial charge >= 0.3 is 5.91 Å². The lowest BCUT2D eigenvalue weighted by Crippen LogP contribution is -2.32. The Morgan fingerprint density at radius 3 is 2.73 bits per heavy atom. The maximum absolute atomic E-state index is 12.0. The maximum Gasteiger partial charge on any atom is 0.301 e. The Labute approximate surface area is 131 Å². The van der Waals surface area contributed by atoms with E-state index in [1.807, 2.05) is 36.4 Å². The molecule has 1 amide bonds. The quantitative estimate of drug-likeness (QED) is 0.558. The van der Waals surface area contributed by atoms with Crippen LogP contribution in [0.1, 0.15) is 10.6 Å². The largest absolute Gasteiger partial charge is 0.497 e. The molecule has 0 atom stereocenters. The van der Waals surface area contributed by atoms with E-state index in [0.29, 0.717) is 5.58 Å². The van der Waals surface area contributed by atoms with Crippen LogP contribution in [0.5, 0.6) is 5.75 Å². The third kappa shape index (κ3) is 3.24. The molecule has 0 bridgehead atoms. The predicted molar refractivity (Wildman–Crippen MR) is 85.7 cm³/mol. The average Bonchev–Trinajstić information content (AvgIpc) is 2.99. The summed E-state index contributed by atoms with van der Waals surface area (Å²) in [6.07, 6.45) is 0. The standard InChI is InChI=1S/C16H14N2O3S/c1-20-12-7-8-14-11(9-12)10-15(21-14)16(19)17-18-22-13-5-3-2-4-6-13/h2-10,18H,1H3,(H,17,19). The van der Waals surface area contributed by atoms with Crippen molar-refractivity contribution in [1.29, 1.82) is 0 Å². The zero-order valence-electron chi connectivity index (χ0n) is 11.8. The normalized spacial score (nSPS) is 10.6. The summed E-state index contributed by atoms with van der Waals surface area (Å²) in [5.74, 6) is 0.626. The topological polar surface area (TPSA) is 63.5 Å². The van der Waals surface area contributed by atoms with Gasteiger partial charge in [-0.25, -0.2) is 0 Å². The summed E-state index contributed by atoms with van der Waals surface area (Å²) in [7, 11) is 1.60. The number of hydrogen-bond acceptors (Lipinski definition) is 5. The number of hydrogen-bond donors (Lipinski definition) is 2. The molecule has 3 rings (SSSR count). The molecule has 0 aliphatic heterocycles. The van der Waals surface area contributed by atoms with Crippen molar-refractivity contribution in [2.75, 3.05) is 7.11 Å². The molecule has 0 fully saturated rings. The Morgan fingerprint density at radius 2 is 1.95 bits per heavy atom. The molecular formula is C16H14N2O3S. The summed E-state index contributed by atoms with van der Waals surface area (Å²) in [6.45, 7) is 0. The zero-order valence-corrected chi connectivity index (χ0v) is 12.6. The summed E-state index contributed by atoms with van der Waals surface area (Å²) < 4.78 is 10.7. The molecule has 0 unspecified atom stereocenters. The second-order valence-electron chi connectivity index (χ2n) is 4.49. The minimum atomic E-state index is -0.335. The van der Waals surface area contributed by atoms with Crippen LogP contribution >= 0.6 is 11.9 Å². The maximum atomic E-state index is 12.0. The van der Waals surface area contributed by atoms with Crippen LogP contribution in [0.4, 0.5) is 0 Å². The van der Waals surface area contributed by atoms with E-state index in [4.69, 9.17) is 9.15 Å². The number of methoxy groups -OCH3 is 1. The molecule has 0 radical (unpaired) electrons. The highest BCUT2D eigenvalue weighted by Crippen LogP contribution is 2.24. The fraction of sp³-hybridized carbons (Fsp3) is 0.0625. The molecule has 0 saturated heterocycles. The van der Waals surface area contributed by atoms with Gasteiger partial charge in [0, 0.05) is 10.3 Å². The smallest absolute Gasteiger partial charge is 0.301 e. The van der Waals surface area contributed by atoms with Crippen molar-refractivity contribution in [3.63, 3.8) is 0 Å². The van der Waals surface area contributed by atoms with Crippen LogP contribution in [-0.2, 0) is 0 Å². The minimum absolute atomic E-state index is 0.240. The first kappa shape index (κ1) is 14.5. The molecule has 2 aromatic carbocycles. The van der Waals surface area contributed by atoms with Crippen molar-refractivity contribution in [1.82, 2.24) is 10.3 Å². The van der Waals surface area contributed by atoms with Gasteiger partial charge in [-0.2, -0.15) is 4.83 Å². The Kier molecular flexibility index (Phi) is 4.32. The van der Waals surface area contributed by atoms with Gasteiger partial charge in [0.2, 0.25) is 0 Å². The van der Waals surface area contributed by atoms with E-state index in [1.165, 1.54) is 11.9 Å². The van der Waals surface area contributed by atoms with Crippen molar-refractivity contribution in [2.24, 2.45) is 0 Å². The van der Waals surface area contributed by atoms with Crippen molar-refractivity contribution in [2.45, 2.75) is 4.90 Å². The molecule has 2 N–H and O–H groups in total. The summed E-state index contributed by atoms with van der Waals surface area (Å²) in [4.78, 5) is 15.8. The van der Waals surface area contributed by atoms with Gasteiger partial charge in [-0.3, -0.25) is 10.2 Å². The fourth-order valence-electron chi connectivity index (χ4n) is 1.94. The monoisotopic (exact) mass is 314 g/mol. The first-order valence-electron chi connectivity index (χ1n) is 6.61. The van der Waals surface area contributed by atoms with Crippen LogP contribution in [-0.4, -0.2) is 13.0 Å². The van der Waals surface area contributed by atoms with Crippen LogP contribution in [0.2, 0.25) is 0 Å². The predicted octanol–water partition coefficient (Wildman–Crippen LogP) is 3.38. The number of hydrazine groups is 1. The number of furan rings is 1. The van der Waals surface area contributed by atoms with Crippen LogP contribution < -0.4 is 15.0 Å². The number of amides is 1. The zero-order chi connectivity index (χ0) is 15.4. The molecule has 0 aliphatic carbocycles. The molecule has 112 valence electrons. The summed E-state index contributed by atoms with van der Waals surface area (Å²) in [5, 5.41) is 0.820. The van der Waals surface area contributed by atoms with E-state index >= 15 is 0 Å². The molecule has 6 heteroatoms. The Hall–Kier alpha value is -2.44. The summed E-state index contributed by atoms with van der Waals surface area (Å²) in [6, 6.07) is 16.7. The van der Waals surface area contributed by atoms with Gasteiger partial charge in [-0.15, -0.1) is 0 Å². The molecule has 22 heavy (non-hydrogen) atoms. The second-order valence-corrected chi connectivity index (χ2v) is 5.37. The highest BCUT2D eigenvalue weighted by molar-refractivity contribution is 7.97. The van der Waals surface area contributed by atoms with Gasteiger partial charge in [-0.05, 0) is 48.3 Å². The lowest BCUT2D eigenvalue weighted by Gasteiger charge is -2.04. The van der Waals surface area contributed by atoms with Crippen molar-refractivity contribution in [3.8, 4) is 5.75 Å². The minimum Gasteiger partial charge on any atom is -0.497 e. The van der Waals surface area contributed by atoms with Crippen LogP contribution in [0.15, 0.2) is 63.9 Å². The van der Waals surface area contributed by atoms with Crippen molar-refractivity contribution in [3.05, 3.63) is 60.4 Å². The van der Waals surface area contributed by atoms with E-state index in [2.05, 4.69) is 10.3 Å². The summed E-state index contributed by atoms with van der Waals surface area (Å²) in [5.41, 5.74) is 3.23. The van der Waals surface area contributed by atoms with Gasteiger partial charge in [0.1, 0.15) is 11.3 Å². The fourth-order valence-corrected chi connectivity index (χ4v) is 2.50. The van der Waals surface area contributed by atoms with E-state index in [-0.39, 0.29) is 11.7 Å². The van der Waals surface area contributed by atoms with Crippen molar-refractivity contribution >= 4 is 28.8 Å². The molecular weight excluding hydrogens is 300 g/mol. The third-order valence-electron chi connectivity index (χ3n) is 3.02. The molecule has 1 aromatic heterocycles. The SMILES string of the molecule is COc1ccc2oc(C(=O)NNSc3ccccc3)cc2c1. The molecule has 0 spiro atoms. The molecule has 3 aromatic rings. The van der Waals surface area contributed by atoms with E-state index in [1.54, 1.807) is 25.3 Å². The number of fused-ring (bicyclic) bond motifs is 1. The third-order valence-corrected chi connectivity index (χ3v) is 3.74. The number of ether oxygens (including phenoxy) is 1. The number of carbonyl (C=O) groups excluding carboxylic acids is 1. The lowest BCUT2D eigenvalue weighted by molar-refractivity contribution is 0.0921. The van der Waals surface area contributed by atoms with E-state index in [0.717, 1.165) is 16.0 Å². The Bertz CT molecular complexity index is 786. The molecule has 1 heterocycles. The van der Waals surface area contributed by atoms with Gasteiger partial charge < -0.3 is 9.15 Å². The highest BCUT2D eigenvalue weighted by atomic mass is 32.2.